The number of fused-ring (bicyclic) bond motifs is 2. The van der Waals surface area contributed by atoms with Gasteiger partial charge < -0.3 is 4.74 Å². The molecule has 3 nitrogen and oxygen atoms in total. The van der Waals surface area contributed by atoms with Gasteiger partial charge in [0.15, 0.2) is 9.84 Å². The molecule has 0 saturated carbocycles. The van der Waals surface area contributed by atoms with Gasteiger partial charge in [-0.25, -0.2) is 8.42 Å². The summed E-state index contributed by atoms with van der Waals surface area (Å²) in [4.78, 5) is 0.316. The monoisotopic (exact) mass is 270 g/mol. The highest BCUT2D eigenvalue weighted by atomic mass is 35.5. The highest BCUT2D eigenvalue weighted by molar-refractivity contribution is 7.92. The van der Waals surface area contributed by atoms with Crippen LogP contribution in [0.25, 0.3) is 0 Å². The molecular formula is C12H11ClO3S. The van der Waals surface area contributed by atoms with Gasteiger partial charge in [0, 0.05) is 5.02 Å². The molecule has 1 saturated heterocycles. The van der Waals surface area contributed by atoms with E-state index in [1.54, 1.807) is 24.3 Å². The second kappa shape index (κ2) is 3.83. The van der Waals surface area contributed by atoms with E-state index in [9.17, 15) is 8.42 Å². The summed E-state index contributed by atoms with van der Waals surface area (Å²) in [5.74, 6) is 0. The molecule has 3 atom stereocenters. The maximum absolute atomic E-state index is 12.4. The molecule has 1 aromatic carbocycles. The molecule has 2 bridgehead atoms. The van der Waals surface area contributed by atoms with Crippen LogP contribution in [0.1, 0.15) is 6.42 Å². The Labute approximate surface area is 105 Å². The van der Waals surface area contributed by atoms with E-state index in [4.69, 9.17) is 16.3 Å². The molecule has 0 amide bonds. The molecule has 1 fully saturated rings. The number of hydrogen-bond acceptors (Lipinski definition) is 3. The molecule has 3 rings (SSSR count). The van der Waals surface area contributed by atoms with E-state index in [1.165, 1.54) is 0 Å². The largest absolute Gasteiger partial charge is 0.365 e. The first kappa shape index (κ1) is 11.3. The smallest absolute Gasteiger partial charge is 0.184 e. The van der Waals surface area contributed by atoms with Gasteiger partial charge in [-0.2, -0.15) is 0 Å². The Bertz CT molecular complexity index is 562. The zero-order chi connectivity index (χ0) is 12.0. The Kier molecular flexibility index (Phi) is 2.54. The maximum atomic E-state index is 12.4. The zero-order valence-electron chi connectivity index (χ0n) is 8.91. The summed E-state index contributed by atoms with van der Waals surface area (Å²) < 4.78 is 30.3. The van der Waals surface area contributed by atoms with Crippen LogP contribution in [0.2, 0.25) is 5.02 Å². The molecule has 0 spiro atoms. The average molecular weight is 271 g/mol. The van der Waals surface area contributed by atoms with Gasteiger partial charge in [-0.05, 0) is 30.7 Å². The van der Waals surface area contributed by atoms with Crippen molar-refractivity contribution in [3.05, 3.63) is 41.4 Å². The van der Waals surface area contributed by atoms with Crippen LogP contribution < -0.4 is 0 Å². The highest BCUT2D eigenvalue weighted by Crippen LogP contribution is 2.36. The first-order chi connectivity index (χ1) is 8.07. The number of sulfone groups is 1. The van der Waals surface area contributed by atoms with Gasteiger partial charge >= 0.3 is 0 Å². The minimum Gasteiger partial charge on any atom is -0.365 e. The van der Waals surface area contributed by atoms with Gasteiger partial charge in [-0.15, -0.1) is 0 Å². The van der Waals surface area contributed by atoms with Crippen molar-refractivity contribution < 1.29 is 13.2 Å². The Morgan fingerprint density at radius 1 is 1.18 bits per heavy atom. The van der Waals surface area contributed by atoms with Crippen molar-refractivity contribution in [3.8, 4) is 0 Å². The van der Waals surface area contributed by atoms with Crippen LogP contribution in [0, 0.1) is 0 Å². The lowest BCUT2D eigenvalue weighted by atomic mass is 10.1. The summed E-state index contributed by atoms with van der Waals surface area (Å²) in [6, 6.07) is 6.29. The second-order valence-electron chi connectivity index (χ2n) is 4.30. The van der Waals surface area contributed by atoms with Crippen molar-refractivity contribution in [2.75, 3.05) is 0 Å². The van der Waals surface area contributed by atoms with Crippen LogP contribution in [0.5, 0.6) is 0 Å². The third-order valence-corrected chi connectivity index (χ3v) is 5.66. The number of hydrogen-bond donors (Lipinski definition) is 0. The van der Waals surface area contributed by atoms with E-state index in [-0.39, 0.29) is 12.2 Å². The number of ether oxygens (including phenoxy) is 1. The minimum atomic E-state index is -3.32. The Morgan fingerprint density at radius 3 is 2.41 bits per heavy atom. The minimum absolute atomic E-state index is 0.0351. The predicted octanol–water partition coefficient (Wildman–Crippen LogP) is 2.21. The SMILES string of the molecule is O=S(=O)(c1ccc(Cl)cc1)[C@H]1C[C@H]2C=C[C@@H]1O2. The topological polar surface area (TPSA) is 43.4 Å². The lowest BCUT2D eigenvalue weighted by Gasteiger charge is -2.16. The van der Waals surface area contributed by atoms with Gasteiger partial charge in [0.1, 0.15) is 0 Å². The lowest BCUT2D eigenvalue weighted by Crippen LogP contribution is -2.29. The molecule has 2 aliphatic heterocycles. The molecule has 0 radical (unpaired) electrons. The molecule has 0 aromatic heterocycles. The summed E-state index contributed by atoms with van der Waals surface area (Å²) in [5, 5.41) is 0.0757. The van der Waals surface area contributed by atoms with E-state index >= 15 is 0 Å². The Hall–Kier alpha value is -0.840. The Morgan fingerprint density at radius 2 is 1.88 bits per heavy atom. The third-order valence-electron chi connectivity index (χ3n) is 3.22. The van der Waals surface area contributed by atoms with E-state index in [2.05, 4.69) is 0 Å². The van der Waals surface area contributed by atoms with Gasteiger partial charge in [-0.1, -0.05) is 23.8 Å². The molecule has 0 unspecified atom stereocenters. The van der Waals surface area contributed by atoms with Gasteiger partial charge in [-0.3, -0.25) is 0 Å². The fourth-order valence-corrected chi connectivity index (χ4v) is 4.28. The molecule has 2 aliphatic rings. The van der Waals surface area contributed by atoms with Crippen molar-refractivity contribution >= 4 is 21.4 Å². The lowest BCUT2D eigenvalue weighted by molar-refractivity contribution is 0.121. The molecule has 5 heteroatoms. The molecule has 2 heterocycles. The van der Waals surface area contributed by atoms with Crippen molar-refractivity contribution in [3.63, 3.8) is 0 Å². The average Bonchev–Trinajstić information content (AvgIpc) is 2.91. The van der Waals surface area contributed by atoms with E-state index in [0.717, 1.165) is 0 Å². The van der Waals surface area contributed by atoms with Crippen molar-refractivity contribution in [2.24, 2.45) is 0 Å². The van der Waals surface area contributed by atoms with Gasteiger partial charge in [0.2, 0.25) is 0 Å². The van der Waals surface area contributed by atoms with Crippen molar-refractivity contribution in [2.45, 2.75) is 28.8 Å². The summed E-state index contributed by atoms with van der Waals surface area (Å²) in [5.41, 5.74) is 0. The van der Waals surface area contributed by atoms with Crippen LogP contribution in [0.4, 0.5) is 0 Å². The van der Waals surface area contributed by atoms with Crippen LogP contribution in [0.15, 0.2) is 41.3 Å². The summed E-state index contributed by atoms with van der Waals surface area (Å²) in [6.07, 6.45) is 3.99. The fraction of sp³-hybridized carbons (Fsp3) is 0.333. The van der Waals surface area contributed by atoms with Crippen LogP contribution in [0.3, 0.4) is 0 Å². The predicted molar refractivity (Wildman–Crippen MR) is 64.8 cm³/mol. The molecular weight excluding hydrogens is 260 g/mol. The normalized spacial score (nSPS) is 31.0. The molecule has 90 valence electrons. The van der Waals surface area contributed by atoms with Gasteiger partial charge in [0.05, 0.1) is 22.4 Å². The summed E-state index contributed by atoms with van der Waals surface area (Å²) in [7, 11) is -3.32. The zero-order valence-corrected chi connectivity index (χ0v) is 10.5. The first-order valence-electron chi connectivity index (χ1n) is 5.40. The fourth-order valence-electron chi connectivity index (χ4n) is 2.34. The Balaban J connectivity index is 1.96. The second-order valence-corrected chi connectivity index (χ2v) is 6.90. The standard InChI is InChI=1S/C12H11ClO3S/c13-8-1-4-10(5-2-8)17(14,15)12-7-9-3-6-11(12)16-9/h1-6,9,11-12H,7H2/t9-,11+,12+/m1/s1. The number of benzene rings is 1. The molecule has 0 aliphatic carbocycles. The van der Waals surface area contributed by atoms with Crippen LogP contribution in [-0.2, 0) is 14.6 Å². The molecule has 1 aromatic rings. The molecule has 0 N–H and O–H groups in total. The van der Waals surface area contributed by atoms with Crippen molar-refractivity contribution in [1.82, 2.24) is 0 Å². The first-order valence-corrected chi connectivity index (χ1v) is 7.33. The molecule has 17 heavy (non-hydrogen) atoms. The number of rotatable bonds is 2. The van der Waals surface area contributed by atoms with Crippen molar-refractivity contribution in [1.29, 1.82) is 0 Å². The summed E-state index contributed by atoms with van der Waals surface area (Å²) in [6.45, 7) is 0. The highest BCUT2D eigenvalue weighted by Gasteiger charge is 2.44. The quantitative estimate of drug-likeness (QED) is 0.774. The van der Waals surface area contributed by atoms with Gasteiger partial charge in [0.25, 0.3) is 0 Å². The van der Waals surface area contributed by atoms with Crippen LogP contribution in [-0.4, -0.2) is 25.9 Å². The van der Waals surface area contributed by atoms with E-state index in [1.807, 2.05) is 12.2 Å². The number of halogens is 1. The maximum Gasteiger partial charge on any atom is 0.184 e. The third kappa shape index (κ3) is 1.80. The summed E-state index contributed by atoms with van der Waals surface area (Å²) >= 11 is 5.75. The van der Waals surface area contributed by atoms with E-state index in [0.29, 0.717) is 16.3 Å². The van der Waals surface area contributed by atoms with Crippen LogP contribution >= 0.6 is 11.6 Å². The van der Waals surface area contributed by atoms with E-state index < -0.39 is 15.1 Å².